The van der Waals surface area contributed by atoms with E-state index >= 15 is 0 Å². The number of carboxylic acid groups (broad SMARTS) is 1. The van der Waals surface area contributed by atoms with Gasteiger partial charge in [-0.15, -0.1) is 0 Å². The van der Waals surface area contributed by atoms with Crippen molar-refractivity contribution in [1.82, 2.24) is 0 Å². The minimum Gasteiger partial charge on any atom is -0.481 e. The van der Waals surface area contributed by atoms with E-state index in [0.29, 0.717) is 12.8 Å². The van der Waals surface area contributed by atoms with Gasteiger partial charge in [0.1, 0.15) is 0 Å². The third kappa shape index (κ3) is 10.4. The van der Waals surface area contributed by atoms with Crippen LogP contribution in [0.1, 0.15) is 88.4 Å². The number of aliphatic hydroxyl groups is 2. The molecule has 0 radical (unpaired) electrons. The van der Waals surface area contributed by atoms with Crippen molar-refractivity contribution in [3.63, 3.8) is 0 Å². The number of aliphatic hydroxyl groups excluding tert-OH is 2. The Kier molecular flexibility index (Phi) is 11.7. The summed E-state index contributed by atoms with van der Waals surface area (Å²) in [6, 6.07) is 7.53. The molecule has 0 aliphatic carbocycles. The lowest BCUT2D eigenvalue weighted by atomic mass is 10.0. The second kappa shape index (κ2) is 13.5. The molecule has 3 N–H and O–H groups in total. The van der Waals surface area contributed by atoms with E-state index in [1.165, 1.54) is 32.1 Å². The van der Waals surface area contributed by atoms with Gasteiger partial charge >= 0.3 is 5.97 Å². The number of carboxylic acids is 1. The molecule has 0 saturated heterocycles. The highest BCUT2D eigenvalue weighted by Gasteiger charge is 2.09. The van der Waals surface area contributed by atoms with E-state index in [4.69, 9.17) is 5.11 Å². The molecule has 0 amide bonds. The quantitative estimate of drug-likeness (QED) is 0.402. The summed E-state index contributed by atoms with van der Waals surface area (Å²) in [4.78, 5) is 10.5. The number of benzene rings is 1. The van der Waals surface area contributed by atoms with Gasteiger partial charge in [0.25, 0.3) is 0 Å². The van der Waals surface area contributed by atoms with Crippen LogP contribution in [0, 0.1) is 0 Å². The molecule has 0 bridgehead atoms. The summed E-state index contributed by atoms with van der Waals surface area (Å²) in [6.07, 6.45) is 11.6. The topological polar surface area (TPSA) is 77.8 Å². The molecule has 0 fully saturated rings. The maximum atomic E-state index is 10.5. The van der Waals surface area contributed by atoms with Crippen LogP contribution in [0.4, 0.5) is 0 Å². The van der Waals surface area contributed by atoms with Gasteiger partial charge in [0.05, 0.1) is 12.2 Å². The third-order valence-corrected chi connectivity index (χ3v) is 4.53. The van der Waals surface area contributed by atoms with Crippen molar-refractivity contribution in [3.8, 4) is 0 Å². The van der Waals surface area contributed by atoms with Crippen LogP contribution in [-0.4, -0.2) is 27.4 Å². The fraction of sp³-hybridized carbons (Fsp3) is 0.591. The van der Waals surface area contributed by atoms with E-state index in [1.807, 2.05) is 36.4 Å². The molecule has 4 heteroatoms. The fourth-order valence-corrected chi connectivity index (χ4v) is 2.94. The van der Waals surface area contributed by atoms with Crippen molar-refractivity contribution in [3.05, 3.63) is 41.5 Å². The van der Waals surface area contributed by atoms with Gasteiger partial charge in [-0.2, -0.15) is 0 Å². The second-order valence-corrected chi connectivity index (χ2v) is 6.95. The van der Waals surface area contributed by atoms with Gasteiger partial charge in [0.15, 0.2) is 0 Å². The summed E-state index contributed by atoms with van der Waals surface area (Å²) in [5, 5.41) is 28.9. The molecule has 2 unspecified atom stereocenters. The Labute approximate surface area is 157 Å². The van der Waals surface area contributed by atoms with E-state index in [-0.39, 0.29) is 6.42 Å². The highest BCUT2D eigenvalue weighted by molar-refractivity contribution is 5.66. The van der Waals surface area contributed by atoms with Crippen molar-refractivity contribution < 1.29 is 20.1 Å². The molecule has 0 aliphatic heterocycles. The lowest BCUT2D eigenvalue weighted by Crippen LogP contribution is -2.02. The summed E-state index contributed by atoms with van der Waals surface area (Å²) in [5.41, 5.74) is 1.71. The Balaban J connectivity index is 2.39. The first-order valence-electron chi connectivity index (χ1n) is 9.89. The third-order valence-electron chi connectivity index (χ3n) is 4.53. The lowest BCUT2D eigenvalue weighted by molar-refractivity contribution is -0.137. The Morgan fingerprint density at radius 3 is 2.50 bits per heavy atom. The van der Waals surface area contributed by atoms with Gasteiger partial charge in [-0.1, -0.05) is 75.8 Å². The molecule has 0 aromatic heterocycles. The number of unbranched alkanes of at least 4 members (excludes halogenated alkanes) is 5. The zero-order chi connectivity index (χ0) is 19.2. The predicted molar refractivity (Wildman–Crippen MR) is 106 cm³/mol. The van der Waals surface area contributed by atoms with Crippen LogP contribution >= 0.6 is 0 Å². The molecule has 1 rings (SSSR count). The van der Waals surface area contributed by atoms with Crippen molar-refractivity contribution in [1.29, 1.82) is 0 Å². The van der Waals surface area contributed by atoms with Crippen LogP contribution in [0.5, 0.6) is 0 Å². The summed E-state index contributed by atoms with van der Waals surface area (Å²) in [6.45, 7) is 2.21. The van der Waals surface area contributed by atoms with E-state index in [1.54, 1.807) is 0 Å². The van der Waals surface area contributed by atoms with E-state index < -0.39 is 18.2 Å². The normalized spacial score (nSPS) is 13.8. The van der Waals surface area contributed by atoms with Gasteiger partial charge in [-0.05, 0) is 36.5 Å². The molecule has 4 nitrogen and oxygen atoms in total. The summed E-state index contributed by atoms with van der Waals surface area (Å²) in [5.74, 6) is -0.840. The Morgan fingerprint density at radius 1 is 1.04 bits per heavy atom. The number of rotatable bonds is 14. The van der Waals surface area contributed by atoms with Crippen LogP contribution in [0.25, 0.3) is 6.08 Å². The lowest BCUT2D eigenvalue weighted by Gasteiger charge is -2.11. The van der Waals surface area contributed by atoms with Crippen LogP contribution in [0.15, 0.2) is 30.3 Å². The smallest absolute Gasteiger partial charge is 0.303 e. The van der Waals surface area contributed by atoms with Crippen molar-refractivity contribution in [2.24, 2.45) is 0 Å². The minimum absolute atomic E-state index is 0.0707. The van der Waals surface area contributed by atoms with Gasteiger partial charge in [0.2, 0.25) is 0 Å². The van der Waals surface area contributed by atoms with Gasteiger partial charge in [-0.3, -0.25) is 4.79 Å². The van der Waals surface area contributed by atoms with Crippen LogP contribution < -0.4 is 0 Å². The Hall–Kier alpha value is -1.65. The Bertz CT molecular complexity index is 539. The number of hydrogen-bond acceptors (Lipinski definition) is 3. The number of carbonyl (C=O) groups is 1. The molecule has 2 atom stereocenters. The van der Waals surface area contributed by atoms with Crippen LogP contribution in [0.3, 0.4) is 0 Å². The predicted octanol–water partition coefficient (Wildman–Crippen LogP) is 5.10. The van der Waals surface area contributed by atoms with Crippen molar-refractivity contribution in [2.45, 2.75) is 83.3 Å². The summed E-state index contributed by atoms with van der Waals surface area (Å²) >= 11 is 0. The summed E-state index contributed by atoms with van der Waals surface area (Å²) in [7, 11) is 0. The van der Waals surface area contributed by atoms with Gasteiger partial charge in [-0.25, -0.2) is 0 Å². The molecule has 1 aromatic rings. The maximum Gasteiger partial charge on any atom is 0.303 e. The first-order valence-corrected chi connectivity index (χ1v) is 9.89. The molecule has 0 spiro atoms. The number of aliphatic carboxylic acids is 1. The maximum absolute atomic E-state index is 10.5. The molecule has 0 saturated carbocycles. The van der Waals surface area contributed by atoms with Crippen molar-refractivity contribution >= 4 is 12.0 Å². The van der Waals surface area contributed by atoms with E-state index in [0.717, 1.165) is 24.0 Å². The summed E-state index contributed by atoms with van der Waals surface area (Å²) < 4.78 is 0. The number of hydrogen-bond donors (Lipinski definition) is 3. The molecule has 26 heavy (non-hydrogen) atoms. The second-order valence-electron chi connectivity index (χ2n) is 6.95. The van der Waals surface area contributed by atoms with Gasteiger partial charge < -0.3 is 15.3 Å². The zero-order valence-electron chi connectivity index (χ0n) is 15.9. The zero-order valence-corrected chi connectivity index (χ0v) is 15.9. The molecule has 0 aliphatic rings. The van der Waals surface area contributed by atoms with E-state index in [2.05, 4.69) is 6.92 Å². The highest BCUT2D eigenvalue weighted by Crippen LogP contribution is 2.21. The highest BCUT2D eigenvalue weighted by atomic mass is 16.4. The fourth-order valence-electron chi connectivity index (χ4n) is 2.94. The monoisotopic (exact) mass is 362 g/mol. The largest absolute Gasteiger partial charge is 0.481 e. The molecule has 1 aromatic carbocycles. The molecule has 146 valence electrons. The van der Waals surface area contributed by atoms with Crippen molar-refractivity contribution in [2.75, 3.05) is 0 Å². The minimum atomic E-state index is -0.840. The SMILES string of the molecule is CCCCCCCCC(O)/C=C/c1cccc(C(O)CCCC(=O)O)c1. The first kappa shape index (κ1) is 22.4. The van der Waals surface area contributed by atoms with Crippen LogP contribution in [-0.2, 0) is 4.79 Å². The first-order chi connectivity index (χ1) is 12.5. The average Bonchev–Trinajstić information content (AvgIpc) is 2.62. The van der Waals surface area contributed by atoms with E-state index in [9.17, 15) is 15.0 Å². The average molecular weight is 363 g/mol. The molecular formula is C22H34O4. The van der Waals surface area contributed by atoms with Gasteiger partial charge in [0, 0.05) is 6.42 Å². The standard InChI is InChI=1S/C22H34O4/c1-2-3-4-5-6-7-12-20(23)16-15-18-10-8-11-19(17-18)21(24)13-9-14-22(25)26/h8,10-11,15-17,20-21,23-24H,2-7,9,12-14H2,1H3,(H,25,26)/b16-15+. The Morgan fingerprint density at radius 2 is 1.77 bits per heavy atom. The van der Waals surface area contributed by atoms with Crippen LogP contribution in [0.2, 0.25) is 0 Å². The molecule has 0 heterocycles. The molecular weight excluding hydrogens is 328 g/mol.